The van der Waals surface area contributed by atoms with Crippen LogP contribution in [0.5, 0.6) is 0 Å². The lowest BCUT2D eigenvalue weighted by molar-refractivity contribution is -0.0562. The van der Waals surface area contributed by atoms with Crippen molar-refractivity contribution in [1.29, 1.82) is 0 Å². The number of aromatic nitrogens is 2. The molecule has 0 radical (unpaired) electrons. The van der Waals surface area contributed by atoms with Gasteiger partial charge in [-0.25, -0.2) is 4.79 Å². The molecule has 3 unspecified atom stereocenters. The van der Waals surface area contributed by atoms with Crippen molar-refractivity contribution >= 4 is 24.5 Å². The Bertz CT molecular complexity index is 513. The van der Waals surface area contributed by atoms with Crippen LogP contribution in [-0.4, -0.2) is 43.9 Å². The van der Waals surface area contributed by atoms with E-state index in [9.17, 15) is 15.0 Å². The highest BCUT2D eigenvalue weighted by atomic mass is 31.0. The third-order valence-electron chi connectivity index (χ3n) is 2.88. The van der Waals surface area contributed by atoms with Crippen LogP contribution in [0.25, 0.3) is 0 Å². The molecule has 2 rings (SSSR count). The maximum absolute atomic E-state index is 11.7. The van der Waals surface area contributed by atoms with E-state index in [1.807, 2.05) is 9.47 Å². The fourth-order valence-corrected chi connectivity index (χ4v) is 2.36. The molecular formula is C9H15N3O5P2. The number of aliphatic hydroxyl groups excluding tert-OH is 2. The average molecular weight is 307 g/mol. The van der Waals surface area contributed by atoms with Gasteiger partial charge in [-0.15, -0.1) is 9.24 Å². The summed E-state index contributed by atoms with van der Waals surface area (Å²) in [7, 11) is 4.37. The first-order valence-electron chi connectivity index (χ1n) is 5.43. The molecule has 1 saturated heterocycles. The Morgan fingerprint density at radius 2 is 2.21 bits per heavy atom. The van der Waals surface area contributed by atoms with Crippen molar-refractivity contribution in [3.05, 3.63) is 22.7 Å². The van der Waals surface area contributed by atoms with Gasteiger partial charge >= 0.3 is 5.69 Å². The summed E-state index contributed by atoms with van der Waals surface area (Å²) in [5, 5.41) is 19.9. The van der Waals surface area contributed by atoms with Crippen molar-refractivity contribution in [1.82, 2.24) is 9.55 Å². The number of nitrogen functional groups attached to an aromatic ring is 1. The van der Waals surface area contributed by atoms with Crippen LogP contribution in [0.15, 0.2) is 17.1 Å². The highest BCUT2D eigenvalue weighted by Gasteiger charge is 2.46. The summed E-state index contributed by atoms with van der Waals surface area (Å²) in [5.74, 6) is -0.472. The Morgan fingerprint density at radius 3 is 2.79 bits per heavy atom. The lowest BCUT2D eigenvalue weighted by Gasteiger charge is -2.20. The Balaban J connectivity index is 2.29. The first kappa shape index (κ1) is 14.8. The van der Waals surface area contributed by atoms with Gasteiger partial charge in [-0.05, 0) is 6.07 Å². The minimum atomic E-state index is -1.27. The van der Waals surface area contributed by atoms with E-state index in [1.54, 1.807) is 0 Å². The lowest BCUT2D eigenvalue weighted by Crippen LogP contribution is -2.37. The monoisotopic (exact) mass is 307 g/mol. The zero-order valence-corrected chi connectivity index (χ0v) is 12.1. The molecule has 0 amide bonds. The smallest absolute Gasteiger partial charge is 0.351 e. The van der Waals surface area contributed by atoms with E-state index in [1.165, 1.54) is 12.3 Å². The minimum absolute atomic E-state index is 0.0723. The summed E-state index contributed by atoms with van der Waals surface area (Å²) in [6.45, 7) is 0. The molecule has 0 saturated carbocycles. The molecule has 1 aromatic heterocycles. The van der Waals surface area contributed by atoms with Crippen LogP contribution in [0.4, 0.5) is 5.82 Å². The molecule has 0 aliphatic carbocycles. The van der Waals surface area contributed by atoms with E-state index in [0.717, 1.165) is 4.57 Å². The van der Waals surface area contributed by atoms with Gasteiger partial charge in [-0.3, -0.25) is 4.57 Å². The summed E-state index contributed by atoms with van der Waals surface area (Å²) >= 11 is 0. The Morgan fingerprint density at radius 1 is 1.53 bits per heavy atom. The molecule has 7 atom stereocenters. The van der Waals surface area contributed by atoms with Crippen molar-refractivity contribution < 1.29 is 19.5 Å². The fraction of sp³-hybridized carbons (Fsp3) is 0.556. The predicted octanol–water partition coefficient (Wildman–Crippen LogP) is -1.55. The van der Waals surface area contributed by atoms with Crippen molar-refractivity contribution in [2.45, 2.75) is 30.4 Å². The molecule has 19 heavy (non-hydrogen) atoms. The highest BCUT2D eigenvalue weighted by molar-refractivity contribution is 7.19. The van der Waals surface area contributed by atoms with E-state index in [2.05, 4.69) is 14.2 Å². The molecule has 4 N–H and O–H groups in total. The number of ether oxygens (including phenoxy) is 1. The van der Waals surface area contributed by atoms with Gasteiger partial charge in [0.05, 0.1) is 0 Å². The lowest BCUT2D eigenvalue weighted by atomic mass is 10.1. The molecule has 1 aromatic rings. The molecular weight excluding hydrogens is 292 g/mol. The number of aliphatic hydroxyl groups is 2. The van der Waals surface area contributed by atoms with E-state index in [4.69, 9.17) is 15.0 Å². The van der Waals surface area contributed by atoms with Crippen LogP contribution in [0.3, 0.4) is 0 Å². The van der Waals surface area contributed by atoms with Crippen molar-refractivity contribution in [2.24, 2.45) is 0 Å². The van der Waals surface area contributed by atoms with E-state index in [0.29, 0.717) is 0 Å². The molecule has 1 aliphatic heterocycles. The molecule has 8 nitrogen and oxygen atoms in total. The van der Waals surface area contributed by atoms with Gasteiger partial charge in [-0.2, -0.15) is 4.98 Å². The third-order valence-corrected chi connectivity index (χ3v) is 4.05. The molecule has 10 heteroatoms. The van der Waals surface area contributed by atoms with Crippen LogP contribution in [0.2, 0.25) is 0 Å². The summed E-state index contributed by atoms with van der Waals surface area (Å²) in [6, 6.07) is 1.40. The second-order valence-corrected chi connectivity index (χ2v) is 5.04. The molecule has 2 heterocycles. The highest BCUT2D eigenvalue weighted by Crippen LogP contribution is 2.33. The molecule has 0 spiro atoms. The summed E-state index contributed by atoms with van der Waals surface area (Å²) in [6.07, 6.45) is -2.92. The van der Waals surface area contributed by atoms with Crippen molar-refractivity contribution in [3.63, 3.8) is 0 Å². The zero-order chi connectivity index (χ0) is 14.2. The Kier molecular flexibility index (Phi) is 4.50. The zero-order valence-electron chi connectivity index (χ0n) is 9.79. The second-order valence-electron chi connectivity index (χ2n) is 4.12. The first-order chi connectivity index (χ1) is 8.95. The summed E-state index contributed by atoms with van der Waals surface area (Å²) in [5.41, 5.74) is 4.72. The largest absolute Gasteiger partial charge is 0.387 e. The number of hydrogen-bond donors (Lipinski definition) is 3. The molecule has 1 aliphatic rings. The van der Waals surface area contributed by atoms with E-state index in [-0.39, 0.29) is 5.82 Å². The standard InChI is InChI=1S/C9H15N3O5P2/c10-3-1-2-12(9(15)11-3)7-5(14)4(13)6(16-7)8(18)17-19/h1-2,4-8,13-14H,18-19H2,(H2,10,11,15)/t4-,5+,6-,7+,8?/m0/s1. The minimum Gasteiger partial charge on any atom is -0.387 e. The number of nitrogens with zero attached hydrogens (tertiary/aromatic N) is 2. The van der Waals surface area contributed by atoms with Gasteiger partial charge < -0.3 is 25.2 Å². The second kappa shape index (κ2) is 5.79. The number of hydrogen-bond acceptors (Lipinski definition) is 7. The molecule has 1 fully saturated rings. The normalized spacial score (nSPS) is 32.4. The fourth-order valence-electron chi connectivity index (χ4n) is 1.88. The van der Waals surface area contributed by atoms with E-state index < -0.39 is 36.1 Å². The van der Waals surface area contributed by atoms with Gasteiger partial charge in [0, 0.05) is 15.7 Å². The SMILES string of the molecule is Nc1ccn([C@@H]2O[C@H](C(P)OP)[C@@H](O)[C@H]2O)c(=O)n1. The van der Waals surface area contributed by atoms with Crippen LogP contribution in [0, 0.1) is 0 Å². The van der Waals surface area contributed by atoms with Gasteiger partial charge in [0.1, 0.15) is 30.0 Å². The first-order valence-corrected chi connectivity index (χ1v) is 6.57. The summed E-state index contributed by atoms with van der Waals surface area (Å²) in [4.78, 5) is 15.2. The van der Waals surface area contributed by atoms with Crippen LogP contribution in [0.1, 0.15) is 6.23 Å². The summed E-state index contributed by atoms with van der Waals surface area (Å²) < 4.78 is 11.5. The van der Waals surface area contributed by atoms with Gasteiger partial charge in [0.15, 0.2) is 6.23 Å². The predicted molar refractivity (Wildman–Crippen MR) is 73.1 cm³/mol. The van der Waals surface area contributed by atoms with Gasteiger partial charge in [-0.1, -0.05) is 0 Å². The Hall–Kier alpha value is -0.620. The number of nitrogens with two attached hydrogens (primary N) is 1. The Labute approximate surface area is 113 Å². The van der Waals surface area contributed by atoms with Crippen molar-refractivity contribution in [2.75, 3.05) is 5.73 Å². The quantitative estimate of drug-likeness (QED) is 0.578. The number of rotatable bonds is 3. The maximum atomic E-state index is 11.7. The van der Waals surface area contributed by atoms with Crippen LogP contribution >= 0.6 is 18.7 Å². The number of anilines is 1. The maximum Gasteiger partial charge on any atom is 0.351 e. The third kappa shape index (κ3) is 2.79. The van der Waals surface area contributed by atoms with Crippen molar-refractivity contribution in [3.8, 4) is 0 Å². The average Bonchev–Trinajstić information content (AvgIpc) is 2.66. The molecule has 106 valence electrons. The molecule has 0 bridgehead atoms. The van der Waals surface area contributed by atoms with Gasteiger partial charge in [0.25, 0.3) is 0 Å². The van der Waals surface area contributed by atoms with Gasteiger partial charge in [0.2, 0.25) is 0 Å². The van der Waals surface area contributed by atoms with Crippen LogP contribution in [-0.2, 0) is 9.26 Å². The van der Waals surface area contributed by atoms with Crippen LogP contribution < -0.4 is 11.4 Å². The van der Waals surface area contributed by atoms with E-state index >= 15 is 0 Å². The molecule has 0 aromatic carbocycles. The topological polar surface area (TPSA) is 120 Å².